The number of ether oxygens (including phenoxy) is 11. The van der Waals surface area contributed by atoms with Gasteiger partial charge in [-0.05, 0) is 76.2 Å². The zero-order valence-corrected chi connectivity index (χ0v) is 35.9. The lowest BCUT2D eigenvalue weighted by molar-refractivity contribution is -0.0421. The SMILES string of the molecule is COC1=C2c3cc(OC)c(CO)cc3OC[C@H]2Oc2c1ccc1c2C2OC2C(C)(C)O1.COC1=C2c3cc(OC)c(CO)cc3OC[C@H]2Oc2c1ccc1c2CC(O)C(C)(C)O1. The molecule has 4 aromatic carbocycles. The second-order valence-electron chi connectivity index (χ2n) is 17.2. The first-order chi connectivity index (χ1) is 29.8. The van der Waals surface area contributed by atoms with E-state index in [2.05, 4.69) is 0 Å². The van der Waals surface area contributed by atoms with E-state index < -0.39 is 17.8 Å². The normalized spacial score (nSPS) is 24.3. The number of rotatable bonds is 6. The van der Waals surface area contributed by atoms with Gasteiger partial charge in [0.15, 0.2) is 12.2 Å². The topological polar surface area (TPSA) is 166 Å². The molecule has 326 valence electrons. The standard InChI is InChI=1S/C24H24O7.C24H26O7/c1-24(2)23-22(30-23)19-14(31-24)6-5-12-20(27-4)18-13-8-15(26-3)11(9-25)7-16(13)28-10-17(18)29-21(12)19;1-24(2)20(26)9-15-16(31-24)6-5-13-22(15)30-19-11-29-18-7-12(10-25)17(27-3)8-14(18)21(19)23(13)28-4/h5-8,17,22-23,25H,9-10H2,1-4H3;5-8,19-20,25-26H,9-11H2,1-4H3/t17-,22?,23?;19-,20?/m11/s1. The molecule has 0 aliphatic carbocycles. The summed E-state index contributed by atoms with van der Waals surface area (Å²) >= 11 is 0. The number of aliphatic hydroxyl groups is 3. The highest BCUT2D eigenvalue weighted by molar-refractivity contribution is 5.97. The van der Waals surface area contributed by atoms with E-state index >= 15 is 0 Å². The average molecular weight is 851 g/mol. The predicted octanol–water partition coefficient (Wildman–Crippen LogP) is 6.40. The minimum absolute atomic E-state index is 0.0102. The molecular formula is C48H50O14. The Morgan fingerprint density at radius 1 is 0.613 bits per heavy atom. The maximum atomic E-state index is 10.6. The smallest absolute Gasteiger partial charge is 0.162 e. The summed E-state index contributed by atoms with van der Waals surface area (Å²) in [6, 6.07) is 15.1. The fraction of sp³-hybridized carbons (Fsp3) is 0.417. The Kier molecular flexibility index (Phi) is 9.52. The number of hydrogen-bond acceptors (Lipinski definition) is 14. The Morgan fingerprint density at radius 3 is 1.66 bits per heavy atom. The molecular weight excluding hydrogens is 801 g/mol. The third-order valence-electron chi connectivity index (χ3n) is 12.8. The van der Waals surface area contributed by atoms with E-state index in [0.29, 0.717) is 71.0 Å². The van der Waals surface area contributed by atoms with Crippen LogP contribution in [0.5, 0.6) is 46.0 Å². The zero-order valence-electron chi connectivity index (χ0n) is 35.9. The number of fused-ring (bicyclic) bond motifs is 14. The minimum atomic E-state index is -0.672. The molecule has 3 unspecified atom stereocenters. The van der Waals surface area contributed by atoms with Crippen LogP contribution in [0.4, 0.5) is 0 Å². The van der Waals surface area contributed by atoms with Crippen LogP contribution in [0.3, 0.4) is 0 Å². The molecule has 0 saturated carbocycles. The van der Waals surface area contributed by atoms with Gasteiger partial charge in [-0.1, -0.05) is 0 Å². The quantitative estimate of drug-likeness (QED) is 0.183. The number of aliphatic hydroxyl groups excluding tert-OH is 3. The lowest BCUT2D eigenvalue weighted by Crippen LogP contribution is -2.46. The van der Waals surface area contributed by atoms with Gasteiger partial charge in [0, 0.05) is 45.4 Å². The van der Waals surface area contributed by atoms with Crippen molar-refractivity contribution in [1.82, 2.24) is 0 Å². The van der Waals surface area contributed by atoms with Crippen molar-refractivity contribution in [3.05, 3.63) is 93.0 Å². The highest BCUT2D eigenvalue weighted by atomic mass is 16.6. The van der Waals surface area contributed by atoms with Gasteiger partial charge in [-0.25, -0.2) is 0 Å². The molecule has 0 amide bonds. The number of benzene rings is 4. The minimum Gasteiger partial charge on any atom is -0.496 e. The van der Waals surface area contributed by atoms with Crippen LogP contribution in [0.2, 0.25) is 0 Å². The Bertz CT molecular complexity index is 2560. The molecule has 0 bridgehead atoms. The van der Waals surface area contributed by atoms with E-state index in [-0.39, 0.29) is 37.1 Å². The summed E-state index contributed by atoms with van der Waals surface area (Å²) in [4.78, 5) is 0. The van der Waals surface area contributed by atoms with E-state index in [1.165, 1.54) is 0 Å². The fourth-order valence-corrected chi connectivity index (χ4v) is 9.52. The van der Waals surface area contributed by atoms with Crippen LogP contribution in [-0.4, -0.2) is 92.6 Å². The first kappa shape index (κ1) is 40.3. The van der Waals surface area contributed by atoms with Crippen LogP contribution in [-0.2, 0) is 33.8 Å². The number of methoxy groups -OCH3 is 4. The van der Waals surface area contributed by atoms with Crippen molar-refractivity contribution in [2.45, 2.75) is 89.1 Å². The van der Waals surface area contributed by atoms with Crippen LogP contribution < -0.4 is 37.9 Å². The molecule has 0 aromatic heterocycles. The van der Waals surface area contributed by atoms with Gasteiger partial charge in [-0.15, -0.1) is 0 Å². The van der Waals surface area contributed by atoms with Crippen LogP contribution in [0.15, 0.2) is 48.5 Å². The Balaban J connectivity index is 0.000000148. The van der Waals surface area contributed by atoms with Crippen molar-refractivity contribution in [1.29, 1.82) is 0 Å². The third kappa shape index (κ3) is 6.13. The molecule has 14 heteroatoms. The van der Waals surface area contributed by atoms with E-state index in [9.17, 15) is 15.3 Å². The summed E-state index contributed by atoms with van der Waals surface area (Å²) in [7, 11) is 6.45. The zero-order chi connectivity index (χ0) is 43.4. The maximum Gasteiger partial charge on any atom is 0.162 e. The molecule has 0 radical (unpaired) electrons. The molecule has 1 saturated heterocycles. The predicted molar refractivity (Wildman–Crippen MR) is 225 cm³/mol. The van der Waals surface area contributed by atoms with Gasteiger partial charge in [0.25, 0.3) is 0 Å². The largest absolute Gasteiger partial charge is 0.496 e. The first-order valence-corrected chi connectivity index (χ1v) is 20.7. The second-order valence-corrected chi connectivity index (χ2v) is 17.2. The molecule has 5 atom stereocenters. The number of hydrogen-bond donors (Lipinski definition) is 3. The summed E-state index contributed by atoms with van der Waals surface area (Å²) in [6.07, 6.45) is -1.00. The Labute approximate surface area is 359 Å². The first-order valence-electron chi connectivity index (χ1n) is 20.7. The van der Waals surface area contributed by atoms with Crippen LogP contribution in [0.25, 0.3) is 22.7 Å². The molecule has 0 spiro atoms. The molecule has 7 heterocycles. The van der Waals surface area contributed by atoms with Gasteiger partial charge in [0.05, 0.1) is 64.4 Å². The van der Waals surface area contributed by atoms with E-state index in [1.54, 1.807) is 34.5 Å². The van der Waals surface area contributed by atoms with Crippen molar-refractivity contribution in [3.8, 4) is 46.0 Å². The van der Waals surface area contributed by atoms with Gasteiger partial charge in [0.1, 0.15) is 94.1 Å². The lowest BCUT2D eigenvalue weighted by Gasteiger charge is -2.40. The molecule has 7 aliphatic heterocycles. The third-order valence-corrected chi connectivity index (χ3v) is 12.8. The monoisotopic (exact) mass is 850 g/mol. The fourth-order valence-electron chi connectivity index (χ4n) is 9.52. The van der Waals surface area contributed by atoms with Gasteiger partial charge < -0.3 is 67.4 Å². The van der Waals surface area contributed by atoms with Crippen LogP contribution in [0.1, 0.15) is 78.3 Å². The lowest BCUT2D eigenvalue weighted by atomic mass is 9.86. The molecule has 3 N–H and O–H groups in total. The van der Waals surface area contributed by atoms with Gasteiger partial charge >= 0.3 is 0 Å². The Morgan fingerprint density at radius 2 is 1.13 bits per heavy atom. The Hall–Kier alpha value is -5.80. The van der Waals surface area contributed by atoms with E-state index in [4.69, 9.17) is 52.1 Å². The highest BCUT2D eigenvalue weighted by Gasteiger charge is 2.59. The summed E-state index contributed by atoms with van der Waals surface area (Å²) in [5.41, 5.74) is 7.14. The van der Waals surface area contributed by atoms with Crippen LogP contribution in [0, 0.1) is 0 Å². The summed E-state index contributed by atoms with van der Waals surface area (Å²) in [6.45, 7) is 8.17. The van der Waals surface area contributed by atoms with Crippen molar-refractivity contribution in [3.63, 3.8) is 0 Å². The number of epoxide rings is 1. The molecule has 11 rings (SSSR count). The average Bonchev–Trinajstić information content (AvgIpc) is 4.09. The van der Waals surface area contributed by atoms with Gasteiger partial charge in [-0.2, -0.15) is 0 Å². The van der Waals surface area contributed by atoms with Crippen molar-refractivity contribution < 1.29 is 67.4 Å². The second kappa shape index (κ2) is 14.7. The molecule has 7 aliphatic rings. The van der Waals surface area contributed by atoms with Crippen LogP contribution >= 0.6 is 0 Å². The van der Waals surface area contributed by atoms with Gasteiger partial charge in [0.2, 0.25) is 0 Å². The summed E-state index contributed by atoms with van der Waals surface area (Å²) in [5, 5.41) is 29.9. The molecule has 1 fully saturated rings. The molecule has 14 nitrogen and oxygen atoms in total. The molecule has 4 aromatic rings. The highest BCUT2D eigenvalue weighted by Crippen LogP contribution is 2.60. The van der Waals surface area contributed by atoms with Crippen molar-refractivity contribution >= 4 is 22.7 Å². The molecule has 62 heavy (non-hydrogen) atoms. The maximum absolute atomic E-state index is 10.6. The van der Waals surface area contributed by atoms with Gasteiger partial charge in [-0.3, -0.25) is 0 Å². The summed E-state index contributed by atoms with van der Waals surface area (Å²) in [5.74, 6) is 6.80. The van der Waals surface area contributed by atoms with E-state index in [0.717, 1.165) is 61.8 Å². The summed E-state index contributed by atoms with van der Waals surface area (Å²) < 4.78 is 65.9. The van der Waals surface area contributed by atoms with Crippen molar-refractivity contribution in [2.75, 3.05) is 41.7 Å². The van der Waals surface area contributed by atoms with Crippen molar-refractivity contribution in [2.24, 2.45) is 0 Å². The van der Waals surface area contributed by atoms with E-state index in [1.807, 2.05) is 70.2 Å².